The number of hydrogen-bond acceptors (Lipinski definition) is 4. The molecule has 0 aliphatic rings. The van der Waals surface area contributed by atoms with Crippen molar-refractivity contribution >= 4 is 37.9 Å². The van der Waals surface area contributed by atoms with Crippen molar-refractivity contribution in [3.8, 4) is 5.75 Å². The third-order valence-electron chi connectivity index (χ3n) is 3.29. The third kappa shape index (κ3) is 3.99. The second kappa shape index (κ2) is 6.82. The Morgan fingerprint density at radius 1 is 1.17 bits per heavy atom. The molecule has 0 saturated heterocycles. The van der Waals surface area contributed by atoms with E-state index in [1.165, 1.54) is 26.4 Å². The molecular formula is C16H17BrN2O3S. The average molecular weight is 397 g/mol. The molecule has 0 heterocycles. The van der Waals surface area contributed by atoms with Crippen LogP contribution in [-0.4, -0.2) is 38.1 Å². The standard InChI is InChI=1S/C16H17BrN2O3S/c1-11-4-6-14(23(21,22)19(2)3)9-15(11)18-10-12-8-13(17)5-7-16(12)20/h4-10,20H,1-3H3. The number of halogens is 1. The highest BCUT2D eigenvalue weighted by Crippen LogP contribution is 2.26. The van der Waals surface area contributed by atoms with E-state index in [4.69, 9.17) is 0 Å². The second-order valence-corrected chi connectivity index (χ2v) is 8.26. The molecular weight excluding hydrogens is 380 g/mol. The van der Waals surface area contributed by atoms with Crippen LogP contribution in [0.4, 0.5) is 5.69 Å². The van der Waals surface area contributed by atoms with Gasteiger partial charge < -0.3 is 5.11 Å². The first-order valence-corrected chi connectivity index (χ1v) is 9.01. The summed E-state index contributed by atoms with van der Waals surface area (Å²) >= 11 is 3.33. The molecule has 0 aliphatic carbocycles. The topological polar surface area (TPSA) is 70.0 Å². The van der Waals surface area contributed by atoms with Gasteiger partial charge in [0.05, 0.1) is 10.6 Å². The molecule has 122 valence electrons. The third-order valence-corrected chi connectivity index (χ3v) is 5.60. The minimum absolute atomic E-state index is 0.103. The molecule has 0 fully saturated rings. The van der Waals surface area contributed by atoms with Crippen molar-refractivity contribution < 1.29 is 13.5 Å². The predicted octanol–water partition coefficient (Wildman–Crippen LogP) is 3.46. The number of phenols is 1. The molecule has 0 radical (unpaired) electrons. The van der Waals surface area contributed by atoms with E-state index < -0.39 is 10.0 Å². The normalized spacial score (nSPS) is 12.2. The smallest absolute Gasteiger partial charge is 0.242 e. The Morgan fingerprint density at radius 2 is 1.87 bits per heavy atom. The zero-order valence-corrected chi connectivity index (χ0v) is 15.4. The van der Waals surface area contributed by atoms with Gasteiger partial charge in [0.15, 0.2) is 0 Å². The molecule has 0 saturated carbocycles. The molecule has 7 heteroatoms. The largest absolute Gasteiger partial charge is 0.507 e. The molecule has 1 N–H and O–H groups in total. The van der Waals surface area contributed by atoms with Crippen molar-refractivity contribution in [2.45, 2.75) is 11.8 Å². The lowest BCUT2D eigenvalue weighted by atomic mass is 10.2. The number of aryl methyl sites for hydroxylation is 1. The number of phenolic OH excluding ortho intramolecular Hbond substituents is 1. The summed E-state index contributed by atoms with van der Waals surface area (Å²) in [6, 6.07) is 9.81. The van der Waals surface area contributed by atoms with Crippen molar-refractivity contribution in [2.75, 3.05) is 14.1 Å². The van der Waals surface area contributed by atoms with Crippen LogP contribution in [0.3, 0.4) is 0 Å². The summed E-state index contributed by atoms with van der Waals surface area (Å²) in [6.07, 6.45) is 1.51. The minimum atomic E-state index is -3.51. The SMILES string of the molecule is Cc1ccc(S(=O)(=O)N(C)C)cc1N=Cc1cc(Br)ccc1O. The Bertz CT molecular complexity index is 862. The van der Waals surface area contributed by atoms with Crippen LogP contribution in [0.2, 0.25) is 0 Å². The molecule has 0 spiro atoms. The van der Waals surface area contributed by atoms with Gasteiger partial charge in [0, 0.05) is 30.3 Å². The fraction of sp³-hybridized carbons (Fsp3) is 0.188. The molecule has 2 rings (SSSR count). The van der Waals surface area contributed by atoms with Gasteiger partial charge in [-0.2, -0.15) is 0 Å². The molecule has 0 atom stereocenters. The number of hydrogen-bond donors (Lipinski definition) is 1. The summed E-state index contributed by atoms with van der Waals surface area (Å²) in [4.78, 5) is 4.50. The van der Waals surface area contributed by atoms with Crippen molar-refractivity contribution in [1.29, 1.82) is 0 Å². The first-order chi connectivity index (χ1) is 10.7. The Labute approximate surface area is 144 Å². The zero-order chi connectivity index (χ0) is 17.2. The molecule has 23 heavy (non-hydrogen) atoms. The number of sulfonamides is 1. The fourth-order valence-corrected chi connectivity index (χ4v) is 3.17. The van der Waals surface area contributed by atoms with E-state index in [9.17, 15) is 13.5 Å². The van der Waals surface area contributed by atoms with Crippen LogP contribution in [0.5, 0.6) is 5.75 Å². The lowest BCUT2D eigenvalue weighted by Gasteiger charge is -2.12. The van der Waals surface area contributed by atoms with Crippen LogP contribution in [0.15, 0.2) is 50.8 Å². The van der Waals surface area contributed by atoms with E-state index in [2.05, 4.69) is 20.9 Å². The van der Waals surface area contributed by atoms with Crippen LogP contribution < -0.4 is 0 Å². The van der Waals surface area contributed by atoms with E-state index in [0.717, 1.165) is 14.3 Å². The van der Waals surface area contributed by atoms with Crippen LogP contribution in [0.25, 0.3) is 0 Å². The molecule has 2 aromatic rings. The number of aromatic hydroxyl groups is 1. The second-order valence-electron chi connectivity index (χ2n) is 5.20. The van der Waals surface area contributed by atoms with Gasteiger partial charge in [-0.1, -0.05) is 22.0 Å². The highest BCUT2D eigenvalue weighted by Gasteiger charge is 2.17. The van der Waals surface area contributed by atoms with Crippen LogP contribution in [-0.2, 0) is 10.0 Å². The number of nitrogens with zero attached hydrogens (tertiary/aromatic N) is 2. The molecule has 2 aromatic carbocycles. The summed E-state index contributed by atoms with van der Waals surface area (Å²) < 4.78 is 26.4. The first kappa shape index (κ1) is 17.7. The summed E-state index contributed by atoms with van der Waals surface area (Å²) in [5, 5.41) is 9.82. The molecule has 0 aliphatic heterocycles. The van der Waals surface area contributed by atoms with E-state index in [1.54, 1.807) is 30.3 Å². The van der Waals surface area contributed by atoms with Gasteiger partial charge in [0.25, 0.3) is 0 Å². The quantitative estimate of drug-likeness (QED) is 0.804. The molecule has 0 aromatic heterocycles. The summed E-state index contributed by atoms with van der Waals surface area (Å²) in [5.41, 5.74) is 1.92. The van der Waals surface area contributed by atoms with Crippen molar-refractivity contribution in [3.63, 3.8) is 0 Å². The van der Waals surface area contributed by atoms with Crippen molar-refractivity contribution in [1.82, 2.24) is 4.31 Å². The van der Waals surface area contributed by atoms with E-state index >= 15 is 0 Å². The van der Waals surface area contributed by atoms with Crippen molar-refractivity contribution in [2.24, 2.45) is 4.99 Å². The lowest BCUT2D eigenvalue weighted by Crippen LogP contribution is -2.22. The number of aliphatic imine (C=N–C) groups is 1. The Hall–Kier alpha value is -1.70. The zero-order valence-electron chi connectivity index (χ0n) is 13.0. The van der Waals surface area contributed by atoms with E-state index in [1.807, 2.05) is 6.92 Å². The maximum atomic E-state index is 12.2. The van der Waals surface area contributed by atoms with Gasteiger partial charge in [-0.3, -0.25) is 4.99 Å². The Balaban J connectivity index is 2.44. The lowest BCUT2D eigenvalue weighted by molar-refractivity contribution is 0.474. The average Bonchev–Trinajstić information content (AvgIpc) is 2.49. The van der Waals surface area contributed by atoms with Gasteiger partial charge in [-0.05, 0) is 42.8 Å². The van der Waals surface area contributed by atoms with Gasteiger partial charge in [-0.15, -0.1) is 0 Å². The first-order valence-electron chi connectivity index (χ1n) is 6.77. The molecule has 0 amide bonds. The molecule has 0 bridgehead atoms. The summed E-state index contributed by atoms with van der Waals surface area (Å²) in [5.74, 6) is 0.103. The maximum Gasteiger partial charge on any atom is 0.242 e. The Kier molecular flexibility index (Phi) is 5.23. The fourth-order valence-electron chi connectivity index (χ4n) is 1.87. The van der Waals surface area contributed by atoms with Gasteiger partial charge >= 0.3 is 0 Å². The van der Waals surface area contributed by atoms with Gasteiger partial charge in [0.1, 0.15) is 5.75 Å². The highest BCUT2D eigenvalue weighted by molar-refractivity contribution is 9.10. The maximum absolute atomic E-state index is 12.2. The van der Waals surface area contributed by atoms with Crippen LogP contribution in [0, 0.1) is 6.92 Å². The molecule has 0 unspecified atom stereocenters. The van der Waals surface area contributed by atoms with Crippen LogP contribution >= 0.6 is 15.9 Å². The summed E-state index contributed by atoms with van der Waals surface area (Å²) in [7, 11) is -0.544. The highest BCUT2D eigenvalue weighted by atomic mass is 79.9. The monoisotopic (exact) mass is 396 g/mol. The minimum Gasteiger partial charge on any atom is -0.507 e. The Morgan fingerprint density at radius 3 is 2.52 bits per heavy atom. The van der Waals surface area contributed by atoms with E-state index in [0.29, 0.717) is 11.3 Å². The number of rotatable bonds is 4. The number of benzene rings is 2. The van der Waals surface area contributed by atoms with Crippen molar-refractivity contribution in [3.05, 3.63) is 52.0 Å². The van der Waals surface area contributed by atoms with Gasteiger partial charge in [-0.25, -0.2) is 12.7 Å². The van der Waals surface area contributed by atoms with E-state index in [-0.39, 0.29) is 10.6 Å². The van der Waals surface area contributed by atoms with Crippen LogP contribution in [0.1, 0.15) is 11.1 Å². The predicted molar refractivity (Wildman–Crippen MR) is 95.1 cm³/mol. The summed E-state index contributed by atoms with van der Waals surface area (Å²) in [6.45, 7) is 1.85. The van der Waals surface area contributed by atoms with Gasteiger partial charge in [0.2, 0.25) is 10.0 Å². The molecule has 5 nitrogen and oxygen atoms in total.